The van der Waals surface area contributed by atoms with Crippen LogP contribution in [0.15, 0.2) is 36.7 Å². The second kappa shape index (κ2) is 5.45. The van der Waals surface area contributed by atoms with Gasteiger partial charge in [0.2, 0.25) is 0 Å². The summed E-state index contributed by atoms with van der Waals surface area (Å²) in [5.74, 6) is 0.748. The average Bonchev–Trinajstić information content (AvgIpc) is 2.32. The van der Waals surface area contributed by atoms with Crippen LogP contribution in [0.4, 0.5) is 5.69 Å². The normalized spacial score (nSPS) is 10.1. The van der Waals surface area contributed by atoms with Gasteiger partial charge in [-0.05, 0) is 46.9 Å². The largest absolute Gasteiger partial charge is 0.377 e. The van der Waals surface area contributed by atoms with Gasteiger partial charge in [-0.3, -0.25) is 0 Å². The van der Waals surface area contributed by atoms with Crippen molar-refractivity contribution >= 4 is 39.9 Å². The molecule has 0 saturated heterocycles. The van der Waals surface area contributed by atoms with E-state index in [0.29, 0.717) is 11.6 Å². The van der Waals surface area contributed by atoms with E-state index < -0.39 is 0 Å². The lowest BCUT2D eigenvalue weighted by molar-refractivity contribution is 0.948. The van der Waals surface area contributed by atoms with E-state index in [-0.39, 0.29) is 0 Å². The molecule has 0 unspecified atom stereocenters. The molecule has 0 aliphatic carbocycles. The number of nitrogens with zero attached hydrogens (tertiary/aromatic N) is 2. The Balaban J connectivity index is 2.08. The molecule has 1 N–H and O–H groups in total. The Morgan fingerprint density at radius 2 is 2.00 bits per heavy atom. The van der Waals surface area contributed by atoms with E-state index in [4.69, 9.17) is 11.6 Å². The molecule has 2 rings (SSSR count). The molecule has 0 atom stereocenters. The molecule has 0 aliphatic rings. The van der Waals surface area contributed by atoms with Gasteiger partial charge < -0.3 is 5.32 Å². The number of rotatable bonds is 3. The minimum absolute atomic E-state index is 0.570. The lowest BCUT2D eigenvalue weighted by atomic mass is 10.3. The van der Waals surface area contributed by atoms with E-state index in [2.05, 4.69) is 37.9 Å². The van der Waals surface area contributed by atoms with E-state index >= 15 is 0 Å². The fourth-order valence-electron chi connectivity index (χ4n) is 1.23. The smallest absolute Gasteiger partial charge is 0.147 e. The standard InChI is InChI=1S/C11H9ClIN3/c12-9-3-2-8(13)6-10(9)16-7-11-14-4-1-5-15-11/h1-6,16H,7H2. The predicted molar refractivity (Wildman–Crippen MR) is 73.5 cm³/mol. The first kappa shape index (κ1) is 11.6. The van der Waals surface area contributed by atoms with Gasteiger partial charge in [-0.2, -0.15) is 0 Å². The first-order chi connectivity index (χ1) is 7.75. The van der Waals surface area contributed by atoms with Crippen LogP contribution in [0.1, 0.15) is 5.82 Å². The maximum Gasteiger partial charge on any atom is 0.147 e. The molecule has 0 amide bonds. The molecule has 0 spiro atoms. The second-order valence-electron chi connectivity index (χ2n) is 3.14. The zero-order chi connectivity index (χ0) is 11.4. The highest BCUT2D eigenvalue weighted by Crippen LogP contribution is 2.23. The number of aromatic nitrogens is 2. The third-order valence-corrected chi connectivity index (χ3v) is 2.99. The van der Waals surface area contributed by atoms with Gasteiger partial charge in [0, 0.05) is 16.0 Å². The summed E-state index contributed by atoms with van der Waals surface area (Å²) in [6, 6.07) is 7.62. The molecule has 3 nitrogen and oxygen atoms in total. The summed E-state index contributed by atoms with van der Waals surface area (Å²) in [4.78, 5) is 8.25. The second-order valence-corrected chi connectivity index (χ2v) is 4.80. The van der Waals surface area contributed by atoms with E-state index in [1.165, 1.54) is 0 Å². The summed E-state index contributed by atoms with van der Waals surface area (Å²) in [6.07, 6.45) is 3.45. The first-order valence-electron chi connectivity index (χ1n) is 4.70. The van der Waals surface area contributed by atoms with Crippen molar-refractivity contribution < 1.29 is 0 Å². The maximum absolute atomic E-state index is 6.06. The average molecular weight is 346 g/mol. The van der Waals surface area contributed by atoms with Gasteiger partial charge in [-0.15, -0.1) is 0 Å². The Kier molecular flexibility index (Phi) is 3.95. The molecule has 2 aromatic rings. The number of nitrogens with one attached hydrogen (secondary N) is 1. The van der Waals surface area contributed by atoms with Crippen molar-refractivity contribution in [2.75, 3.05) is 5.32 Å². The summed E-state index contributed by atoms with van der Waals surface area (Å²) >= 11 is 8.30. The van der Waals surface area contributed by atoms with Gasteiger partial charge in [0.05, 0.1) is 17.3 Å². The van der Waals surface area contributed by atoms with Gasteiger partial charge in [0.15, 0.2) is 0 Å². The summed E-state index contributed by atoms with van der Waals surface area (Å²) in [5, 5.41) is 3.91. The number of benzene rings is 1. The summed E-state index contributed by atoms with van der Waals surface area (Å²) in [6.45, 7) is 0.570. The molecule has 5 heteroatoms. The van der Waals surface area contributed by atoms with Crippen LogP contribution >= 0.6 is 34.2 Å². The maximum atomic E-state index is 6.06. The molecule has 0 fully saturated rings. The number of hydrogen-bond donors (Lipinski definition) is 1. The molecule has 1 heterocycles. The number of hydrogen-bond acceptors (Lipinski definition) is 3. The Bertz CT molecular complexity index is 476. The Morgan fingerprint density at radius 3 is 2.75 bits per heavy atom. The van der Waals surface area contributed by atoms with Crippen molar-refractivity contribution in [3.8, 4) is 0 Å². The molecule has 0 saturated carbocycles. The van der Waals surface area contributed by atoms with Gasteiger partial charge in [-0.1, -0.05) is 11.6 Å². The molecule has 0 radical (unpaired) electrons. The number of anilines is 1. The molecular formula is C11H9ClIN3. The van der Waals surface area contributed by atoms with Gasteiger partial charge in [0.1, 0.15) is 5.82 Å². The van der Waals surface area contributed by atoms with Crippen LogP contribution < -0.4 is 5.32 Å². The zero-order valence-corrected chi connectivity index (χ0v) is 11.2. The SMILES string of the molecule is Clc1ccc(I)cc1NCc1ncccn1. The van der Waals surface area contributed by atoms with E-state index in [0.717, 1.165) is 15.1 Å². The lowest BCUT2D eigenvalue weighted by Gasteiger charge is -2.07. The molecule has 16 heavy (non-hydrogen) atoms. The topological polar surface area (TPSA) is 37.8 Å². The van der Waals surface area contributed by atoms with E-state index in [1.807, 2.05) is 18.2 Å². The third kappa shape index (κ3) is 3.05. The Morgan fingerprint density at radius 1 is 1.25 bits per heavy atom. The van der Waals surface area contributed by atoms with Gasteiger partial charge >= 0.3 is 0 Å². The van der Waals surface area contributed by atoms with E-state index in [1.54, 1.807) is 18.5 Å². The molecule has 82 valence electrons. The van der Waals surface area contributed by atoms with Crippen LogP contribution in [0, 0.1) is 3.57 Å². The third-order valence-electron chi connectivity index (χ3n) is 1.98. The van der Waals surface area contributed by atoms with Crippen LogP contribution in [0.5, 0.6) is 0 Å². The molecule has 1 aromatic carbocycles. The highest BCUT2D eigenvalue weighted by molar-refractivity contribution is 14.1. The first-order valence-corrected chi connectivity index (χ1v) is 6.16. The highest BCUT2D eigenvalue weighted by atomic mass is 127. The van der Waals surface area contributed by atoms with Crippen molar-refractivity contribution in [3.05, 3.63) is 51.1 Å². The van der Waals surface area contributed by atoms with Gasteiger partial charge in [-0.25, -0.2) is 9.97 Å². The Labute approximate surface area is 112 Å². The highest BCUT2D eigenvalue weighted by Gasteiger charge is 2.01. The monoisotopic (exact) mass is 345 g/mol. The van der Waals surface area contributed by atoms with Crippen LogP contribution in [0.3, 0.4) is 0 Å². The van der Waals surface area contributed by atoms with Crippen LogP contribution in [-0.2, 0) is 6.54 Å². The van der Waals surface area contributed by atoms with E-state index in [9.17, 15) is 0 Å². The van der Waals surface area contributed by atoms with Crippen molar-refractivity contribution in [3.63, 3.8) is 0 Å². The molecule has 1 aromatic heterocycles. The quantitative estimate of drug-likeness (QED) is 0.867. The number of halogens is 2. The molecule has 0 bridgehead atoms. The fourth-order valence-corrected chi connectivity index (χ4v) is 1.90. The predicted octanol–water partition coefficient (Wildman–Crippen LogP) is 3.35. The van der Waals surface area contributed by atoms with Crippen molar-refractivity contribution in [2.45, 2.75) is 6.54 Å². The minimum atomic E-state index is 0.570. The fraction of sp³-hybridized carbons (Fsp3) is 0.0909. The van der Waals surface area contributed by atoms with Gasteiger partial charge in [0.25, 0.3) is 0 Å². The zero-order valence-electron chi connectivity index (χ0n) is 8.32. The van der Waals surface area contributed by atoms with Crippen molar-refractivity contribution in [1.29, 1.82) is 0 Å². The lowest BCUT2D eigenvalue weighted by Crippen LogP contribution is -2.03. The summed E-state index contributed by atoms with van der Waals surface area (Å²) in [5.41, 5.74) is 0.904. The minimum Gasteiger partial charge on any atom is -0.377 e. The Hall–Kier alpha value is -0.880. The van der Waals surface area contributed by atoms with Crippen LogP contribution in [-0.4, -0.2) is 9.97 Å². The van der Waals surface area contributed by atoms with Crippen molar-refractivity contribution in [1.82, 2.24) is 9.97 Å². The van der Waals surface area contributed by atoms with Crippen LogP contribution in [0.25, 0.3) is 0 Å². The van der Waals surface area contributed by atoms with Crippen LogP contribution in [0.2, 0.25) is 5.02 Å². The van der Waals surface area contributed by atoms with Crippen molar-refractivity contribution in [2.24, 2.45) is 0 Å². The molecule has 0 aliphatic heterocycles. The molecular weight excluding hydrogens is 336 g/mol. The summed E-state index contributed by atoms with van der Waals surface area (Å²) in [7, 11) is 0. The summed E-state index contributed by atoms with van der Waals surface area (Å²) < 4.78 is 1.14.